The molecule has 4 nitrogen and oxygen atoms in total. The maximum Gasteiger partial charge on any atom is 0.243 e. The van der Waals surface area contributed by atoms with Crippen LogP contribution in [0.3, 0.4) is 0 Å². The first-order valence-corrected chi connectivity index (χ1v) is 8.59. The Morgan fingerprint density at radius 2 is 2.00 bits per heavy atom. The van der Waals surface area contributed by atoms with E-state index < -0.39 is 15.6 Å². The summed E-state index contributed by atoms with van der Waals surface area (Å²) in [6.07, 6.45) is 1.68. The highest BCUT2D eigenvalue weighted by Crippen LogP contribution is 2.28. The number of halogens is 1. The molecule has 6 heteroatoms. The van der Waals surface area contributed by atoms with Gasteiger partial charge in [0, 0.05) is 26.1 Å². The van der Waals surface area contributed by atoms with Crippen LogP contribution in [0.25, 0.3) is 0 Å². The van der Waals surface area contributed by atoms with Crippen molar-refractivity contribution in [2.45, 2.75) is 36.1 Å². The predicted octanol–water partition coefficient (Wildman–Crippen LogP) is 2.62. The summed E-state index contributed by atoms with van der Waals surface area (Å²) in [4.78, 5) is 0.312. The van der Waals surface area contributed by atoms with Crippen LogP contribution in [0.4, 0.5) is 0 Å². The zero-order valence-corrected chi connectivity index (χ0v) is 13.4. The fourth-order valence-corrected chi connectivity index (χ4v) is 4.20. The third kappa shape index (κ3) is 3.17. The van der Waals surface area contributed by atoms with Gasteiger partial charge in [-0.25, -0.2) is 8.42 Å². The molecule has 1 atom stereocenters. The fourth-order valence-electron chi connectivity index (χ4n) is 2.43. The highest BCUT2D eigenvalue weighted by molar-refractivity contribution is 7.89. The molecule has 1 aliphatic heterocycles. The number of rotatable bonds is 4. The molecule has 0 radical (unpaired) electrons. The van der Waals surface area contributed by atoms with E-state index in [1.807, 2.05) is 6.92 Å². The quantitative estimate of drug-likeness (QED) is 0.802. The zero-order chi connectivity index (χ0) is 14.8. The van der Waals surface area contributed by atoms with E-state index in [0.29, 0.717) is 23.9 Å². The third-order valence-electron chi connectivity index (χ3n) is 3.83. The molecule has 0 aromatic heterocycles. The van der Waals surface area contributed by atoms with E-state index in [9.17, 15) is 8.42 Å². The van der Waals surface area contributed by atoms with Crippen molar-refractivity contribution < 1.29 is 13.2 Å². The van der Waals surface area contributed by atoms with Gasteiger partial charge in [0.25, 0.3) is 0 Å². The lowest BCUT2D eigenvalue weighted by Gasteiger charge is -2.38. The Kier molecular flexibility index (Phi) is 4.74. The average molecular weight is 318 g/mol. The summed E-state index contributed by atoms with van der Waals surface area (Å²) in [5.74, 6) is 0.381. The van der Waals surface area contributed by atoms with Gasteiger partial charge in [-0.3, -0.25) is 0 Å². The Morgan fingerprint density at radius 1 is 1.35 bits per heavy atom. The monoisotopic (exact) mass is 317 g/mol. The second-order valence-corrected chi connectivity index (χ2v) is 7.58. The van der Waals surface area contributed by atoms with Gasteiger partial charge in [0.05, 0.1) is 10.5 Å². The van der Waals surface area contributed by atoms with Crippen molar-refractivity contribution in [1.82, 2.24) is 4.31 Å². The van der Waals surface area contributed by atoms with Crippen molar-refractivity contribution in [2.75, 3.05) is 20.2 Å². The summed E-state index contributed by atoms with van der Waals surface area (Å²) in [5.41, 5.74) is 0.507. The first kappa shape index (κ1) is 15.8. The molecule has 1 aromatic carbocycles. The van der Waals surface area contributed by atoms with Gasteiger partial charge in [0.1, 0.15) is 0 Å². The lowest BCUT2D eigenvalue weighted by molar-refractivity contribution is -0.0319. The lowest BCUT2D eigenvalue weighted by atomic mass is 9.96. The predicted molar refractivity (Wildman–Crippen MR) is 79.4 cm³/mol. The molecule has 1 aromatic rings. The van der Waals surface area contributed by atoms with Crippen molar-refractivity contribution in [2.24, 2.45) is 0 Å². The van der Waals surface area contributed by atoms with Crippen LogP contribution in [0.5, 0.6) is 0 Å². The molecule has 0 N–H and O–H groups in total. The summed E-state index contributed by atoms with van der Waals surface area (Å²) in [7, 11) is -1.83. The molecule has 0 spiro atoms. The first-order valence-electron chi connectivity index (χ1n) is 6.61. The highest BCUT2D eigenvalue weighted by Gasteiger charge is 2.36. The van der Waals surface area contributed by atoms with E-state index in [4.69, 9.17) is 16.3 Å². The molecule has 0 bridgehead atoms. The Labute approximate surface area is 125 Å². The SMILES string of the molecule is COC1(C)CCCN(S(=O)(=O)c2ccc(CCl)cc2)C1. The molecule has 1 heterocycles. The standard InChI is InChI=1S/C14H20ClNO3S/c1-14(19-2)8-3-9-16(11-14)20(17,18)13-6-4-12(10-15)5-7-13/h4-7H,3,8-11H2,1-2H3. The molecular formula is C14H20ClNO3S. The average Bonchev–Trinajstić information content (AvgIpc) is 2.47. The van der Waals surface area contributed by atoms with E-state index in [2.05, 4.69) is 0 Å². The topological polar surface area (TPSA) is 46.6 Å². The van der Waals surface area contributed by atoms with Gasteiger partial charge in [-0.1, -0.05) is 12.1 Å². The maximum absolute atomic E-state index is 12.6. The minimum atomic E-state index is -3.46. The second-order valence-electron chi connectivity index (χ2n) is 5.37. The Balaban J connectivity index is 2.25. The number of benzene rings is 1. The summed E-state index contributed by atoms with van der Waals surface area (Å²) in [6.45, 7) is 2.88. The number of piperidine rings is 1. The van der Waals surface area contributed by atoms with E-state index in [1.54, 1.807) is 31.4 Å². The molecule has 1 saturated heterocycles. The molecular weight excluding hydrogens is 298 g/mol. The van der Waals surface area contributed by atoms with Crippen LogP contribution in [0.2, 0.25) is 0 Å². The summed E-state index contributed by atoms with van der Waals surface area (Å²) < 4.78 is 32.2. The van der Waals surface area contributed by atoms with Crippen molar-refractivity contribution in [3.63, 3.8) is 0 Å². The number of hydrogen-bond donors (Lipinski definition) is 0. The van der Waals surface area contributed by atoms with Gasteiger partial charge in [-0.05, 0) is 37.5 Å². The molecule has 0 amide bonds. The van der Waals surface area contributed by atoms with Crippen LogP contribution in [0.1, 0.15) is 25.3 Å². The number of alkyl halides is 1. The van der Waals surface area contributed by atoms with Gasteiger partial charge in [0.15, 0.2) is 0 Å². The Hall–Kier alpha value is -0.620. The van der Waals surface area contributed by atoms with Crippen LogP contribution in [0, 0.1) is 0 Å². The Bertz CT molecular complexity index is 558. The van der Waals surface area contributed by atoms with Crippen LogP contribution in [-0.2, 0) is 20.6 Å². The Morgan fingerprint density at radius 3 is 2.55 bits per heavy atom. The van der Waals surface area contributed by atoms with Gasteiger partial charge in [-0.15, -0.1) is 11.6 Å². The van der Waals surface area contributed by atoms with Crippen molar-refractivity contribution in [3.05, 3.63) is 29.8 Å². The van der Waals surface area contributed by atoms with Crippen LogP contribution < -0.4 is 0 Å². The minimum Gasteiger partial charge on any atom is -0.377 e. The largest absolute Gasteiger partial charge is 0.377 e. The minimum absolute atomic E-state index is 0.312. The van der Waals surface area contributed by atoms with Gasteiger partial charge < -0.3 is 4.74 Å². The van der Waals surface area contributed by atoms with Crippen LogP contribution in [0.15, 0.2) is 29.2 Å². The molecule has 20 heavy (non-hydrogen) atoms. The normalized spacial score (nSPS) is 24.8. The van der Waals surface area contributed by atoms with Crippen molar-refractivity contribution >= 4 is 21.6 Å². The summed E-state index contributed by atoms with van der Waals surface area (Å²) in [5, 5.41) is 0. The number of sulfonamides is 1. The smallest absolute Gasteiger partial charge is 0.243 e. The van der Waals surface area contributed by atoms with E-state index in [1.165, 1.54) is 4.31 Å². The van der Waals surface area contributed by atoms with Crippen molar-refractivity contribution in [1.29, 1.82) is 0 Å². The zero-order valence-electron chi connectivity index (χ0n) is 11.8. The number of nitrogens with zero attached hydrogens (tertiary/aromatic N) is 1. The molecule has 2 rings (SSSR count). The summed E-state index contributed by atoms with van der Waals surface area (Å²) in [6, 6.07) is 6.73. The van der Waals surface area contributed by atoms with Gasteiger partial charge in [-0.2, -0.15) is 4.31 Å². The number of ether oxygens (including phenoxy) is 1. The number of hydrogen-bond acceptors (Lipinski definition) is 3. The summed E-state index contributed by atoms with van der Waals surface area (Å²) >= 11 is 5.72. The van der Waals surface area contributed by atoms with Gasteiger partial charge >= 0.3 is 0 Å². The fraction of sp³-hybridized carbons (Fsp3) is 0.571. The molecule has 1 aliphatic rings. The lowest BCUT2D eigenvalue weighted by Crippen LogP contribution is -2.49. The third-order valence-corrected chi connectivity index (χ3v) is 6.00. The first-order chi connectivity index (χ1) is 9.41. The van der Waals surface area contributed by atoms with E-state index in [-0.39, 0.29) is 0 Å². The van der Waals surface area contributed by atoms with E-state index >= 15 is 0 Å². The molecule has 1 unspecified atom stereocenters. The van der Waals surface area contributed by atoms with E-state index in [0.717, 1.165) is 18.4 Å². The highest BCUT2D eigenvalue weighted by atomic mass is 35.5. The second kappa shape index (κ2) is 6.02. The number of methoxy groups -OCH3 is 1. The maximum atomic E-state index is 12.6. The molecule has 1 fully saturated rings. The van der Waals surface area contributed by atoms with Crippen LogP contribution in [-0.4, -0.2) is 38.5 Å². The molecule has 0 aliphatic carbocycles. The molecule has 112 valence electrons. The van der Waals surface area contributed by atoms with Crippen molar-refractivity contribution in [3.8, 4) is 0 Å². The molecule has 0 saturated carbocycles. The van der Waals surface area contributed by atoms with Gasteiger partial charge in [0.2, 0.25) is 10.0 Å². The van der Waals surface area contributed by atoms with Crippen LogP contribution >= 0.6 is 11.6 Å².